The maximum Gasteiger partial charge on any atom is 0.124 e. The van der Waals surface area contributed by atoms with Crippen LogP contribution in [0.1, 0.15) is 41.9 Å². The summed E-state index contributed by atoms with van der Waals surface area (Å²) >= 11 is 7.36. The lowest BCUT2D eigenvalue weighted by molar-refractivity contribution is 0.408. The number of methoxy groups -OCH3 is 1. The fourth-order valence-electron chi connectivity index (χ4n) is 1.91. The first-order valence-electron chi connectivity index (χ1n) is 5.95. The normalized spacial score (nSPS) is 12.7. The Balaban J connectivity index is 2.46. The average molecular weight is 298 g/mol. The monoisotopic (exact) mass is 297 g/mol. The summed E-state index contributed by atoms with van der Waals surface area (Å²) in [6.07, 6.45) is 0. The Labute approximate surface area is 121 Å². The zero-order valence-corrected chi connectivity index (χ0v) is 12.6. The van der Waals surface area contributed by atoms with Gasteiger partial charge in [0.2, 0.25) is 0 Å². The van der Waals surface area contributed by atoms with Gasteiger partial charge in [0.1, 0.15) is 5.75 Å². The van der Waals surface area contributed by atoms with E-state index in [9.17, 15) is 0 Å². The first kappa shape index (κ1) is 14.2. The molecule has 0 spiro atoms. The van der Waals surface area contributed by atoms with E-state index in [4.69, 9.17) is 22.1 Å². The third-order valence-corrected chi connectivity index (χ3v) is 3.95. The smallest absolute Gasteiger partial charge is 0.124 e. The van der Waals surface area contributed by atoms with E-state index in [0.717, 1.165) is 21.9 Å². The molecule has 0 aliphatic carbocycles. The molecule has 4 nitrogen and oxygen atoms in total. The number of aromatic nitrogens is 2. The highest BCUT2D eigenvalue weighted by Crippen LogP contribution is 2.34. The van der Waals surface area contributed by atoms with Crippen LogP contribution in [0.15, 0.2) is 18.2 Å². The molecule has 0 radical (unpaired) electrons. The summed E-state index contributed by atoms with van der Waals surface area (Å²) in [5.74, 6) is 1.00. The van der Waals surface area contributed by atoms with Crippen LogP contribution in [0.3, 0.4) is 0 Å². The first-order chi connectivity index (χ1) is 9.04. The number of nitrogens with zero attached hydrogens (tertiary/aromatic N) is 2. The molecule has 0 saturated heterocycles. The summed E-state index contributed by atoms with van der Waals surface area (Å²) in [7, 11) is 1.62. The van der Waals surface area contributed by atoms with Gasteiger partial charge in [0, 0.05) is 10.6 Å². The minimum Gasteiger partial charge on any atom is -0.496 e. The maximum absolute atomic E-state index is 6.34. The lowest BCUT2D eigenvalue weighted by atomic mass is 10.00. The van der Waals surface area contributed by atoms with Crippen LogP contribution in [0.5, 0.6) is 5.75 Å². The summed E-state index contributed by atoms with van der Waals surface area (Å²) in [4.78, 5) is 0.954. The summed E-state index contributed by atoms with van der Waals surface area (Å²) < 4.78 is 9.35. The molecule has 0 amide bonds. The summed E-state index contributed by atoms with van der Waals surface area (Å²) in [5, 5.41) is 4.79. The predicted octanol–water partition coefficient (Wildman–Crippen LogP) is 3.37. The van der Waals surface area contributed by atoms with E-state index in [-0.39, 0.29) is 12.0 Å². The van der Waals surface area contributed by atoms with Crippen LogP contribution in [0.2, 0.25) is 5.02 Å². The van der Waals surface area contributed by atoms with Crippen molar-refractivity contribution in [3.05, 3.63) is 39.4 Å². The van der Waals surface area contributed by atoms with Crippen LogP contribution in [0.25, 0.3) is 0 Å². The van der Waals surface area contributed by atoms with Crippen LogP contribution >= 0.6 is 23.1 Å². The minimum absolute atomic E-state index is 0.282. The number of ether oxygens (including phenoxy) is 1. The van der Waals surface area contributed by atoms with Crippen LogP contribution in [0, 0.1) is 0 Å². The molecule has 1 atom stereocenters. The molecule has 0 aliphatic heterocycles. The standard InChI is InChI=1S/C13H16ClN3OS/c1-7(2)12-13(19-17-16-12)11(15)9-6-8(14)4-5-10(9)18-3/h4-7,11H,15H2,1-3H3. The van der Waals surface area contributed by atoms with Gasteiger partial charge in [-0.3, -0.25) is 0 Å². The van der Waals surface area contributed by atoms with E-state index in [0.29, 0.717) is 5.02 Å². The van der Waals surface area contributed by atoms with E-state index in [2.05, 4.69) is 23.4 Å². The SMILES string of the molecule is COc1ccc(Cl)cc1C(N)c1snnc1C(C)C. The Bertz CT molecular complexity index is 571. The molecule has 1 aromatic carbocycles. The molecule has 0 bridgehead atoms. The largest absolute Gasteiger partial charge is 0.496 e. The molecule has 2 N–H and O–H groups in total. The molecule has 0 saturated carbocycles. The van der Waals surface area contributed by atoms with Gasteiger partial charge in [0.25, 0.3) is 0 Å². The zero-order chi connectivity index (χ0) is 14.0. The fourth-order valence-corrected chi connectivity index (χ4v) is 2.92. The van der Waals surface area contributed by atoms with Crippen molar-refractivity contribution < 1.29 is 4.74 Å². The molecular weight excluding hydrogens is 282 g/mol. The lowest BCUT2D eigenvalue weighted by Gasteiger charge is -2.16. The second-order valence-corrected chi connectivity index (χ2v) is 5.76. The first-order valence-corrected chi connectivity index (χ1v) is 7.11. The number of nitrogens with two attached hydrogens (primary N) is 1. The molecule has 1 heterocycles. The van der Waals surface area contributed by atoms with Crippen LogP contribution in [-0.2, 0) is 0 Å². The van der Waals surface area contributed by atoms with Gasteiger partial charge in [0.15, 0.2) is 0 Å². The number of rotatable bonds is 4. The second-order valence-electron chi connectivity index (χ2n) is 4.54. The maximum atomic E-state index is 6.34. The van der Waals surface area contributed by atoms with Gasteiger partial charge in [-0.1, -0.05) is 29.9 Å². The highest BCUT2D eigenvalue weighted by molar-refractivity contribution is 7.05. The van der Waals surface area contributed by atoms with Crippen molar-refractivity contribution >= 4 is 23.1 Å². The number of halogens is 1. The van der Waals surface area contributed by atoms with Crippen molar-refractivity contribution in [2.45, 2.75) is 25.8 Å². The Hall–Kier alpha value is -1.17. The molecule has 1 aromatic heterocycles. The van der Waals surface area contributed by atoms with Crippen molar-refractivity contribution in [1.29, 1.82) is 0 Å². The molecule has 102 valence electrons. The molecule has 2 rings (SSSR count). The third kappa shape index (κ3) is 2.88. The molecule has 6 heteroatoms. The van der Waals surface area contributed by atoms with E-state index in [1.807, 2.05) is 12.1 Å². The number of hydrogen-bond acceptors (Lipinski definition) is 5. The minimum atomic E-state index is -0.328. The fraction of sp³-hybridized carbons (Fsp3) is 0.385. The Kier molecular flexibility index (Phi) is 4.39. The molecule has 19 heavy (non-hydrogen) atoms. The van der Waals surface area contributed by atoms with Crippen LogP contribution in [-0.4, -0.2) is 16.7 Å². The number of hydrogen-bond donors (Lipinski definition) is 1. The molecule has 0 fully saturated rings. The summed E-state index contributed by atoms with van der Waals surface area (Å²) in [5.41, 5.74) is 8.12. The Morgan fingerprint density at radius 1 is 1.37 bits per heavy atom. The molecule has 0 aliphatic rings. The van der Waals surface area contributed by atoms with Crippen molar-refractivity contribution in [2.75, 3.05) is 7.11 Å². The van der Waals surface area contributed by atoms with Crippen LogP contribution < -0.4 is 10.5 Å². The van der Waals surface area contributed by atoms with Gasteiger partial charge >= 0.3 is 0 Å². The highest BCUT2D eigenvalue weighted by Gasteiger charge is 2.22. The van der Waals surface area contributed by atoms with Crippen molar-refractivity contribution in [3.8, 4) is 5.75 Å². The van der Waals surface area contributed by atoms with Crippen LogP contribution in [0.4, 0.5) is 0 Å². The zero-order valence-electron chi connectivity index (χ0n) is 11.1. The van der Waals surface area contributed by atoms with E-state index in [1.165, 1.54) is 11.5 Å². The van der Waals surface area contributed by atoms with Gasteiger partial charge in [-0.15, -0.1) is 5.10 Å². The summed E-state index contributed by atoms with van der Waals surface area (Å²) in [6.45, 7) is 4.14. The topological polar surface area (TPSA) is 61.0 Å². The highest BCUT2D eigenvalue weighted by atomic mass is 35.5. The second kappa shape index (κ2) is 5.86. The van der Waals surface area contributed by atoms with Gasteiger partial charge in [0.05, 0.1) is 23.7 Å². The van der Waals surface area contributed by atoms with Crippen molar-refractivity contribution in [1.82, 2.24) is 9.59 Å². The van der Waals surface area contributed by atoms with Crippen molar-refractivity contribution in [2.24, 2.45) is 5.73 Å². The van der Waals surface area contributed by atoms with Gasteiger partial charge in [-0.25, -0.2) is 0 Å². The van der Waals surface area contributed by atoms with Crippen molar-refractivity contribution in [3.63, 3.8) is 0 Å². The quantitative estimate of drug-likeness (QED) is 0.940. The van der Waals surface area contributed by atoms with Gasteiger partial charge < -0.3 is 10.5 Å². The van der Waals surface area contributed by atoms with E-state index in [1.54, 1.807) is 13.2 Å². The number of benzene rings is 1. The molecular formula is C13H16ClN3OS. The predicted molar refractivity (Wildman–Crippen MR) is 78.0 cm³/mol. The summed E-state index contributed by atoms with van der Waals surface area (Å²) in [6, 6.07) is 5.10. The Morgan fingerprint density at radius 3 is 2.74 bits per heavy atom. The average Bonchev–Trinajstić information content (AvgIpc) is 2.87. The van der Waals surface area contributed by atoms with Gasteiger partial charge in [-0.2, -0.15) is 0 Å². The van der Waals surface area contributed by atoms with Gasteiger partial charge in [-0.05, 0) is 35.6 Å². The molecule has 1 unspecified atom stereocenters. The lowest BCUT2D eigenvalue weighted by Crippen LogP contribution is -2.14. The third-order valence-electron chi connectivity index (χ3n) is 2.90. The Morgan fingerprint density at radius 2 is 2.11 bits per heavy atom. The van der Waals surface area contributed by atoms with E-state index < -0.39 is 0 Å². The van der Waals surface area contributed by atoms with E-state index >= 15 is 0 Å². The molecule has 2 aromatic rings.